The van der Waals surface area contributed by atoms with Crippen LogP contribution >= 0.6 is 11.5 Å². The zero-order valence-corrected chi connectivity index (χ0v) is 10.8. The van der Waals surface area contributed by atoms with Gasteiger partial charge in [0.25, 0.3) is 0 Å². The molecule has 0 bridgehead atoms. The van der Waals surface area contributed by atoms with Crippen molar-refractivity contribution in [1.82, 2.24) is 4.37 Å². The Morgan fingerprint density at radius 3 is 3.00 bits per heavy atom. The molecule has 1 heterocycles. The minimum absolute atomic E-state index is 0.174. The van der Waals surface area contributed by atoms with Crippen LogP contribution in [0.3, 0.4) is 0 Å². The van der Waals surface area contributed by atoms with Crippen LogP contribution in [0.25, 0.3) is 0 Å². The van der Waals surface area contributed by atoms with Gasteiger partial charge in [0, 0.05) is 10.9 Å². The summed E-state index contributed by atoms with van der Waals surface area (Å²) in [4.78, 5) is 11.7. The Bertz CT molecular complexity index is 661. The molecule has 0 saturated carbocycles. The van der Waals surface area contributed by atoms with Gasteiger partial charge in [-0.2, -0.15) is 9.64 Å². The maximum Gasteiger partial charge on any atom is 0.341 e. The predicted octanol–water partition coefficient (Wildman–Crippen LogP) is 2.82. The Labute approximate surface area is 113 Å². The Morgan fingerprint density at radius 1 is 1.58 bits per heavy atom. The fraction of sp³-hybridized carbons (Fsp3) is 0.154. The van der Waals surface area contributed by atoms with Crippen LogP contribution in [0.5, 0.6) is 0 Å². The Hall–Kier alpha value is -2.26. The largest absolute Gasteiger partial charge is 0.457 e. The standard InChI is InChI=1S/C13H9FN2O2S/c1-8-11(7-19-16-8)13(17)18-6-10-4-9(5-15)2-3-12(10)14/h2-4,7H,6H2,1H3. The molecule has 0 aliphatic carbocycles. The van der Waals surface area contributed by atoms with Gasteiger partial charge in [-0.05, 0) is 36.7 Å². The lowest BCUT2D eigenvalue weighted by Crippen LogP contribution is -2.07. The van der Waals surface area contributed by atoms with E-state index in [0.29, 0.717) is 16.8 Å². The van der Waals surface area contributed by atoms with Crippen LogP contribution < -0.4 is 0 Å². The van der Waals surface area contributed by atoms with Crippen molar-refractivity contribution in [3.05, 3.63) is 51.8 Å². The van der Waals surface area contributed by atoms with E-state index < -0.39 is 11.8 Å². The molecule has 0 unspecified atom stereocenters. The molecule has 6 heteroatoms. The van der Waals surface area contributed by atoms with Gasteiger partial charge in [0.05, 0.1) is 22.9 Å². The first-order valence-corrected chi connectivity index (χ1v) is 6.22. The summed E-state index contributed by atoms with van der Waals surface area (Å²) in [6.07, 6.45) is 0. The minimum Gasteiger partial charge on any atom is -0.457 e. The number of nitriles is 1. The predicted molar refractivity (Wildman–Crippen MR) is 67.1 cm³/mol. The number of esters is 1. The fourth-order valence-electron chi connectivity index (χ4n) is 1.46. The third-order valence-corrected chi connectivity index (χ3v) is 3.22. The summed E-state index contributed by atoms with van der Waals surface area (Å²) in [7, 11) is 0. The monoisotopic (exact) mass is 276 g/mol. The minimum atomic E-state index is -0.548. The van der Waals surface area contributed by atoms with E-state index in [4.69, 9.17) is 10.00 Å². The molecule has 96 valence electrons. The molecule has 0 radical (unpaired) electrons. The van der Waals surface area contributed by atoms with Crippen molar-refractivity contribution in [2.45, 2.75) is 13.5 Å². The molecule has 0 atom stereocenters. The first-order valence-electron chi connectivity index (χ1n) is 5.38. The van der Waals surface area contributed by atoms with Crippen LogP contribution in [0, 0.1) is 24.1 Å². The number of nitrogens with zero attached hydrogens (tertiary/aromatic N) is 2. The second-order valence-corrected chi connectivity index (χ2v) is 4.44. The highest BCUT2D eigenvalue weighted by Gasteiger charge is 2.14. The third-order valence-electron chi connectivity index (χ3n) is 2.50. The van der Waals surface area contributed by atoms with Crippen molar-refractivity contribution in [1.29, 1.82) is 5.26 Å². The number of benzene rings is 1. The summed E-state index contributed by atoms with van der Waals surface area (Å²) in [5.74, 6) is -1.06. The number of ether oxygens (including phenoxy) is 1. The lowest BCUT2D eigenvalue weighted by Gasteiger charge is -2.05. The van der Waals surface area contributed by atoms with Gasteiger partial charge in [0.1, 0.15) is 12.4 Å². The van der Waals surface area contributed by atoms with Crippen LogP contribution in [-0.4, -0.2) is 10.3 Å². The summed E-state index contributed by atoms with van der Waals surface area (Å²) in [5, 5.41) is 10.3. The molecule has 1 aromatic carbocycles. The quantitative estimate of drug-likeness (QED) is 0.809. The maximum absolute atomic E-state index is 13.5. The van der Waals surface area contributed by atoms with Gasteiger partial charge in [-0.1, -0.05) is 0 Å². The number of aryl methyl sites for hydroxylation is 1. The van der Waals surface area contributed by atoms with E-state index in [1.165, 1.54) is 18.2 Å². The Balaban J connectivity index is 2.09. The maximum atomic E-state index is 13.5. The number of rotatable bonds is 3. The van der Waals surface area contributed by atoms with Gasteiger partial charge in [-0.15, -0.1) is 0 Å². The molecule has 0 aliphatic heterocycles. The third kappa shape index (κ3) is 2.95. The smallest absolute Gasteiger partial charge is 0.341 e. The number of halogens is 1. The molecule has 0 saturated heterocycles. The summed E-state index contributed by atoms with van der Waals surface area (Å²) in [5.41, 5.74) is 1.46. The molecule has 2 rings (SSSR count). The number of aromatic nitrogens is 1. The van der Waals surface area contributed by atoms with Crippen molar-refractivity contribution in [2.75, 3.05) is 0 Å². The highest BCUT2D eigenvalue weighted by Crippen LogP contribution is 2.15. The SMILES string of the molecule is Cc1nscc1C(=O)OCc1cc(C#N)ccc1F. The van der Waals surface area contributed by atoms with E-state index in [-0.39, 0.29) is 12.2 Å². The molecule has 0 amide bonds. The number of carbonyl (C=O) groups is 1. The summed E-state index contributed by atoms with van der Waals surface area (Å²) in [6, 6.07) is 5.81. The van der Waals surface area contributed by atoms with E-state index in [1.54, 1.807) is 12.3 Å². The molecule has 1 aromatic heterocycles. The molecule has 4 nitrogen and oxygen atoms in total. The zero-order valence-electron chi connectivity index (χ0n) is 10.0. The average Bonchev–Trinajstić information content (AvgIpc) is 2.84. The average molecular weight is 276 g/mol. The summed E-state index contributed by atoms with van der Waals surface area (Å²) in [6.45, 7) is 1.49. The highest BCUT2D eigenvalue weighted by atomic mass is 32.1. The van der Waals surface area contributed by atoms with Crippen LogP contribution in [0.1, 0.15) is 27.2 Å². The number of hydrogen-bond donors (Lipinski definition) is 0. The van der Waals surface area contributed by atoms with Crippen molar-refractivity contribution >= 4 is 17.5 Å². The van der Waals surface area contributed by atoms with Gasteiger partial charge in [-0.25, -0.2) is 9.18 Å². The molecule has 19 heavy (non-hydrogen) atoms. The Morgan fingerprint density at radius 2 is 2.37 bits per heavy atom. The van der Waals surface area contributed by atoms with Gasteiger partial charge in [-0.3, -0.25) is 0 Å². The van der Waals surface area contributed by atoms with E-state index in [1.807, 2.05) is 6.07 Å². The lowest BCUT2D eigenvalue weighted by molar-refractivity contribution is 0.0468. The molecule has 0 N–H and O–H groups in total. The van der Waals surface area contributed by atoms with Gasteiger partial charge >= 0.3 is 5.97 Å². The first kappa shape index (κ1) is 13.2. The first-order chi connectivity index (χ1) is 9.11. The normalized spacial score (nSPS) is 9.95. The van der Waals surface area contributed by atoms with Gasteiger partial charge < -0.3 is 4.74 Å². The van der Waals surface area contributed by atoms with Crippen LogP contribution in [0.15, 0.2) is 23.6 Å². The molecular formula is C13H9FN2O2S. The van der Waals surface area contributed by atoms with E-state index in [0.717, 1.165) is 11.5 Å². The molecule has 0 spiro atoms. The van der Waals surface area contributed by atoms with Crippen molar-refractivity contribution in [2.24, 2.45) is 0 Å². The number of hydrogen-bond acceptors (Lipinski definition) is 5. The molecule has 0 aliphatic rings. The van der Waals surface area contributed by atoms with E-state index in [2.05, 4.69) is 4.37 Å². The van der Waals surface area contributed by atoms with E-state index in [9.17, 15) is 9.18 Å². The summed E-state index contributed by atoms with van der Waals surface area (Å²) < 4.78 is 22.4. The van der Waals surface area contributed by atoms with Crippen molar-refractivity contribution in [3.8, 4) is 6.07 Å². The van der Waals surface area contributed by atoms with Crippen molar-refractivity contribution < 1.29 is 13.9 Å². The lowest BCUT2D eigenvalue weighted by atomic mass is 10.1. The van der Waals surface area contributed by atoms with Crippen molar-refractivity contribution in [3.63, 3.8) is 0 Å². The number of carbonyl (C=O) groups excluding carboxylic acids is 1. The Kier molecular flexibility index (Phi) is 3.88. The molecule has 2 aromatic rings. The fourth-order valence-corrected chi connectivity index (χ4v) is 2.15. The summed E-state index contributed by atoms with van der Waals surface area (Å²) >= 11 is 1.16. The van der Waals surface area contributed by atoms with Crippen LogP contribution in [0.4, 0.5) is 4.39 Å². The van der Waals surface area contributed by atoms with E-state index >= 15 is 0 Å². The highest BCUT2D eigenvalue weighted by molar-refractivity contribution is 7.03. The molecular weight excluding hydrogens is 267 g/mol. The van der Waals surface area contributed by atoms with Crippen LogP contribution in [0.2, 0.25) is 0 Å². The van der Waals surface area contributed by atoms with Gasteiger partial charge in [0.2, 0.25) is 0 Å². The zero-order chi connectivity index (χ0) is 13.8. The topological polar surface area (TPSA) is 63.0 Å². The second kappa shape index (κ2) is 5.59. The van der Waals surface area contributed by atoms with Crippen LogP contribution in [-0.2, 0) is 11.3 Å². The molecule has 0 fully saturated rings. The second-order valence-electron chi connectivity index (χ2n) is 3.81. The van der Waals surface area contributed by atoms with Gasteiger partial charge in [0.15, 0.2) is 0 Å².